The van der Waals surface area contributed by atoms with E-state index in [0.29, 0.717) is 31.4 Å². The molecule has 0 aliphatic carbocycles. The summed E-state index contributed by atoms with van der Waals surface area (Å²) >= 11 is 0. The fraction of sp³-hybridized carbons (Fsp3) is 0.429. The summed E-state index contributed by atoms with van der Waals surface area (Å²) in [5, 5.41) is 11.6. The Balaban J connectivity index is 2.31. The third kappa shape index (κ3) is 2.92. The highest BCUT2D eigenvalue weighted by molar-refractivity contribution is 5.77. The number of carboxylic acids is 1. The van der Waals surface area contributed by atoms with Gasteiger partial charge >= 0.3 is 5.97 Å². The summed E-state index contributed by atoms with van der Waals surface area (Å²) < 4.78 is 14.0. The summed E-state index contributed by atoms with van der Waals surface area (Å²) in [7, 11) is 0. The van der Waals surface area contributed by atoms with Gasteiger partial charge in [-0.25, -0.2) is 4.39 Å². The summed E-state index contributed by atoms with van der Waals surface area (Å²) in [6, 6.07) is 6.38. The van der Waals surface area contributed by atoms with E-state index in [4.69, 9.17) is 5.11 Å². The van der Waals surface area contributed by atoms with E-state index in [0.717, 1.165) is 0 Å². The van der Waals surface area contributed by atoms with Gasteiger partial charge in [0.1, 0.15) is 5.82 Å². The minimum Gasteiger partial charge on any atom is -0.481 e. The van der Waals surface area contributed by atoms with Crippen LogP contribution >= 0.6 is 0 Å². The Morgan fingerprint density at radius 2 is 2.16 bits per heavy atom. The summed E-state index contributed by atoms with van der Waals surface area (Å²) in [4.78, 5) is 22.1. The normalized spacial score (nSPS) is 22.9. The van der Waals surface area contributed by atoms with Crippen molar-refractivity contribution in [1.82, 2.24) is 5.32 Å². The standard InChI is InChI=1S/C14H16FNO3/c15-11-4-2-1-3-10(11)14(8-6-13(18)19)7-5-12(17)16-9-14/h1-4H,5-9H2,(H,16,17)(H,18,19). The molecule has 0 bridgehead atoms. The Hall–Kier alpha value is -1.91. The predicted molar refractivity (Wildman–Crippen MR) is 67.2 cm³/mol. The molecular formula is C14H16FNO3. The average molecular weight is 265 g/mol. The molecule has 0 spiro atoms. The van der Waals surface area contributed by atoms with Crippen LogP contribution in [-0.4, -0.2) is 23.5 Å². The first-order valence-electron chi connectivity index (χ1n) is 6.27. The molecule has 2 rings (SSSR count). The molecule has 1 aromatic rings. The van der Waals surface area contributed by atoms with Crippen LogP contribution in [0.2, 0.25) is 0 Å². The Bertz CT molecular complexity index is 491. The van der Waals surface area contributed by atoms with Crippen molar-refractivity contribution in [2.45, 2.75) is 31.1 Å². The molecule has 1 aliphatic heterocycles. The van der Waals surface area contributed by atoms with E-state index >= 15 is 0 Å². The number of benzene rings is 1. The van der Waals surface area contributed by atoms with Crippen molar-refractivity contribution in [2.24, 2.45) is 0 Å². The van der Waals surface area contributed by atoms with E-state index in [-0.39, 0.29) is 18.1 Å². The number of aliphatic carboxylic acids is 1. The van der Waals surface area contributed by atoms with Gasteiger partial charge in [-0.1, -0.05) is 18.2 Å². The number of carboxylic acid groups (broad SMARTS) is 1. The molecule has 0 saturated carbocycles. The van der Waals surface area contributed by atoms with Gasteiger partial charge in [-0.3, -0.25) is 9.59 Å². The first-order valence-corrected chi connectivity index (χ1v) is 6.27. The molecular weight excluding hydrogens is 249 g/mol. The van der Waals surface area contributed by atoms with Crippen LogP contribution in [0, 0.1) is 5.82 Å². The number of carbonyl (C=O) groups excluding carboxylic acids is 1. The number of nitrogens with one attached hydrogen (secondary N) is 1. The Kier molecular flexibility index (Phi) is 3.83. The molecule has 1 amide bonds. The van der Waals surface area contributed by atoms with Gasteiger partial charge in [0.15, 0.2) is 0 Å². The van der Waals surface area contributed by atoms with Crippen molar-refractivity contribution < 1.29 is 19.1 Å². The van der Waals surface area contributed by atoms with Crippen molar-refractivity contribution in [1.29, 1.82) is 0 Å². The maximum absolute atomic E-state index is 14.0. The summed E-state index contributed by atoms with van der Waals surface area (Å²) in [6.45, 7) is 0.292. The first-order chi connectivity index (χ1) is 9.03. The quantitative estimate of drug-likeness (QED) is 0.873. The van der Waals surface area contributed by atoms with Crippen molar-refractivity contribution in [3.8, 4) is 0 Å². The minimum atomic E-state index is -0.910. The number of hydrogen-bond acceptors (Lipinski definition) is 2. The molecule has 1 heterocycles. The fourth-order valence-electron chi connectivity index (χ4n) is 2.61. The Morgan fingerprint density at radius 1 is 1.42 bits per heavy atom. The lowest BCUT2D eigenvalue weighted by atomic mass is 9.71. The molecule has 1 atom stereocenters. The highest BCUT2D eigenvalue weighted by Crippen LogP contribution is 2.37. The summed E-state index contributed by atoms with van der Waals surface area (Å²) in [5.41, 5.74) is -0.117. The second-order valence-corrected chi connectivity index (χ2v) is 4.93. The van der Waals surface area contributed by atoms with E-state index in [1.807, 2.05) is 0 Å². The molecule has 1 aliphatic rings. The van der Waals surface area contributed by atoms with E-state index in [1.165, 1.54) is 6.07 Å². The third-order valence-corrected chi connectivity index (χ3v) is 3.72. The van der Waals surface area contributed by atoms with Gasteiger partial charge in [0.2, 0.25) is 5.91 Å². The number of rotatable bonds is 4. The largest absolute Gasteiger partial charge is 0.481 e. The molecule has 5 heteroatoms. The second-order valence-electron chi connectivity index (χ2n) is 4.93. The number of piperidine rings is 1. The zero-order valence-electron chi connectivity index (χ0n) is 10.5. The van der Waals surface area contributed by atoms with E-state index in [9.17, 15) is 14.0 Å². The van der Waals surface area contributed by atoms with Gasteiger partial charge < -0.3 is 10.4 Å². The Morgan fingerprint density at radius 3 is 2.74 bits per heavy atom. The molecule has 1 fully saturated rings. The van der Waals surface area contributed by atoms with Crippen molar-refractivity contribution >= 4 is 11.9 Å². The van der Waals surface area contributed by atoms with Crippen LogP contribution in [-0.2, 0) is 15.0 Å². The first kappa shape index (κ1) is 13.5. The van der Waals surface area contributed by atoms with Crippen molar-refractivity contribution in [3.63, 3.8) is 0 Å². The van der Waals surface area contributed by atoms with Crippen LogP contribution in [0.5, 0.6) is 0 Å². The van der Waals surface area contributed by atoms with Crippen LogP contribution in [0.25, 0.3) is 0 Å². The monoisotopic (exact) mass is 265 g/mol. The lowest BCUT2D eigenvalue weighted by Crippen LogP contribution is -2.46. The lowest BCUT2D eigenvalue weighted by molar-refractivity contribution is -0.137. The SMILES string of the molecule is O=C(O)CCC1(c2ccccc2F)CCC(=O)NC1. The minimum absolute atomic E-state index is 0.0375. The number of carbonyl (C=O) groups is 2. The molecule has 1 aromatic carbocycles. The van der Waals surface area contributed by atoms with Crippen LogP contribution in [0.3, 0.4) is 0 Å². The second kappa shape index (κ2) is 5.38. The smallest absolute Gasteiger partial charge is 0.303 e. The average Bonchev–Trinajstić information content (AvgIpc) is 2.39. The predicted octanol–water partition coefficient (Wildman–Crippen LogP) is 1.84. The van der Waals surface area contributed by atoms with Crippen molar-refractivity contribution in [2.75, 3.05) is 6.54 Å². The fourth-order valence-corrected chi connectivity index (χ4v) is 2.61. The van der Waals surface area contributed by atoms with Gasteiger partial charge in [0.25, 0.3) is 0 Å². The van der Waals surface area contributed by atoms with Gasteiger partial charge in [0.05, 0.1) is 0 Å². The number of halogens is 1. The van der Waals surface area contributed by atoms with Crippen LogP contribution in [0.4, 0.5) is 4.39 Å². The molecule has 1 unspecified atom stereocenters. The van der Waals surface area contributed by atoms with E-state index < -0.39 is 11.4 Å². The lowest BCUT2D eigenvalue weighted by Gasteiger charge is -2.37. The third-order valence-electron chi connectivity index (χ3n) is 3.72. The molecule has 102 valence electrons. The molecule has 19 heavy (non-hydrogen) atoms. The van der Waals surface area contributed by atoms with Gasteiger partial charge in [-0.15, -0.1) is 0 Å². The van der Waals surface area contributed by atoms with Crippen LogP contribution in [0.1, 0.15) is 31.2 Å². The maximum Gasteiger partial charge on any atom is 0.303 e. The molecule has 0 aromatic heterocycles. The van der Waals surface area contributed by atoms with Gasteiger partial charge in [-0.2, -0.15) is 0 Å². The summed E-state index contributed by atoms with van der Waals surface area (Å²) in [6.07, 6.45) is 1.06. The summed E-state index contributed by atoms with van der Waals surface area (Å²) in [5.74, 6) is -1.32. The highest BCUT2D eigenvalue weighted by atomic mass is 19.1. The Labute approximate surface area is 110 Å². The van der Waals surface area contributed by atoms with Gasteiger partial charge in [0, 0.05) is 24.8 Å². The van der Waals surface area contributed by atoms with Gasteiger partial charge in [-0.05, 0) is 24.5 Å². The van der Waals surface area contributed by atoms with E-state index in [2.05, 4.69) is 5.32 Å². The molecule has 4 nitrogen and oxygen atoms in total. The van der Waals surface area contributed by atoms with Crippen LogP contribution in [0.15, 0.2) is 24.3 Å². The molecule has 2 N–H and O–H groups in total. The zero-order chi connectivity index (χ0) is 13.9. The molecule has 0 radical (unpaired) electrons. The molecule has 1 saturated heterocycles. The maximum atomic E-state index is 14.0. The van der Waals surface area contributed by atoms with E-state index in [1.54, 1.807) is 18.2 Å². The van der Waals surface area contributed by atoms with Crippen LogP contribution < -0.4 is 5.32 Å². The van der Waals surface area contributed by atoms with Crippen molar-refractivity contribution in [3.05, 3.63) is 35.6 Å². The topological polar surface area (TPSA) is 66.4 Å². The number of amides is 1. The number of hydrogen-bond donors (Lipinski definition) is 2. The zero-order valence-corrected chi connectivity index (χ0v) is 10.5. The highest BCUT2D eigenvalue weighted by Gasteiger charge is 2.38.